The number of hydrogen-bond donors (Lipinski definition) is 2. The van der Waals surface area contributed by atoms with E-state index in [1.165, 1.54) is 0 Å². The van der Waals surface area contributed by atoms with E-state index < -0.39 is 12.0 Å². The first-order valence-electron chi connectivity index (χ1n) is 4.98. The SMILES string of the molecule is O=C(O)C1CC(c2ccccc2)=CCN1. The largest absolute Gasteiger partial charge is 0.480 e. The lowest BCUT2D eigenvalue weighted by Gasteiger charge is -2.20. The molecule has 0 spiro atoms. The first kappa shape index (κ1) is 9.93. The molecule has 0 saturated heterocycles. The maximum atomic E-state index is 10.8. The molecule has 15 heavy (non-hydrogen) atoms. The zero-order valence-electron chi connectivity index (χ0n) is 8.31. The van der Waals surface area contributed by atoms with Crippen molar-refractivity contribution in [2.24, 2.45) is 0 Å². The molecule has 1 aliphatic heterocycles. The van der Waals surface area contributed by atoms with Crippen LogP contribution in [0.2, 0.25) is 0 Å². The molecule has 2 N–H and O–H groups in total. The summed E-state index contributed by atoms with van der Waals surface area (Å²) in [6.45, 7) is 0.626. The van der Waals surface area contributed by atoms with Crippen molar-refractivity contribution in [2.45, 2.75) is 12.5 Å². The van der Waals surface area contributed by atoms with Crippen LogP contribution in [-0.4, -0.2) is 23.7 Å². The molecule has 0 aromatic heterocycles. The van der Waals surface area contributed by atoms with E-state index in [1.807, 2.05) is 30.3 Å². The van der Waals surface area contributed by atoms with Gasteiger partial charge in [-0.1, -0.05) is 36.4 Å². The first-order chi connectivity index (χ1) is 7.27. The van der Waals surface area contributed by atoms with Gasteiger partial charge < -0.3 is 10.4 Å². The van der Waals surface area contributed by atoms with Crippen LogP contribution in [0.25, 0.3) is 5.57 Å². The predicted octanol–water partition coefficient (Wildman–Crippen LogP) is 1.52. The van der Waals surface area contributed by atoms with E-state index in [-0.39, 0.29) is 0 Å². The van der Waals surface area contributed by atoms with Crippen LogP contribution in [0.3, 0.4) is 0 Å². The third kappa shape index (κ3) is 2.25. The van der Waals surface area contributed by atoms with Gasteiger partial charge in [0.25, 0.3) is 0 Å². The average molecular weight is 203 g/mol. The van der Waals surface area contributed by atoms with E-state index in [0.717, 1.165) is 11.1 Å². The van der Waals surface area contributed by atoms with E-state index in [2.05, 4.69) is 11.4 Å². The minimum Gasteiger partial charge on any atom is -0.480 e. The molecule has 1 atom stereocenters. The molecule has 0 bridgehead atoms. The summed E-state index contributed by atoms with van der Waals surface area (Å²) in [5.74, 6) is -0.781. The molecule has 1 aliphatic rings. The van der Waals surface area contributed by atoms with E-state index in [4.69, 9.17) is 5.11 Å². The van der Waals surface area contributed by atoms with Crippen molar-refractivity contribution in [3.63, 3.8) is 0 Å². The lowest BCUT2D eigenvalue weighted by molar-refractivity contribution is -0.139. The van der Waals surface area contributed by atoms with Gasteiger partial charge in [0, 0.05) is 6.54 Å². The van der Waals surface area contributed by atoms with Gasteiger partial charge >= 0.3 is 5.97 Å². The second-order valence-electron chi connectivity index (χ2n) is 3.60. The standard InChI is InChI=1S/C12H13NO2/c14-12(15)11-8-10(6-7-13-11)9-4-2-1-3-5-9/h1-6,11,13H,7-8H2,(H,14,15). The average Bonchev–Trinajstić information content (AvgIpc) is 2.30. The Morgan fingerprint density at radius 3 is 2.73 bits per heavy atom. The monoisotopic (exact) mass is 203 g/mol. The fourth-order valence-corrected chi connectivity index (χ4v) is 1.76. The second kappa shape index (κ2) is 4.28. The molecule has 0 fully saturated rings. The highest BCUT2D eigenvalue weighted by molar-refractivity contribution is 5.79. The summed E-state index contributed by atoms with van der Waals surface area (Å²) in [6.07, 6.45) is 2.61. The van der Waals surface area contributed by atoms with E-state index in [0.29, 0.717) is 13.0 Å². The number of carbonyl (C=O) groups is 1. The number of aliphatic carboxylic acids is 1. The summed E-state index contributed by atoms with van der Waals surface area (Å²) in [6, 6.07) is 9.46. The molecule has 2 rings (SSSR count). The van der Waals surface area contributed by atoms with Crippen molar-refractivity contribution in [3.8, 4) is 0 Å². The summed E-state index contributed by atoms with van der Waals surface area (Å²) < 4.78 is 0. The zero-order chi connectivity index (χ0) is 10.7. The Hall–Kier alpha value is -1.61. The van der Waals surface area contributed by atoms with Crippen LogP contribution < -0.4 is 5.32 Å². The summed E-state index contributed by atoms with van der Waals surface area (Å²) in [4.78, 5) is 10.8. The van der Waals surface area contributed by atoms with Crippen molar-refractivity contribution >= 4 is 11.5 Å². The molecular formula is C12H13NO2. The first-order valence-corrected chi connectivity index (χ1v) is 4.98. The van der Waals surface area contributed by atoms with E-state index in [1.54, 1.807) is 0 Å². The molecule has 0 saturated carbocycles. The van der Waals surface area contributed by atoms with Gasteiger partial charge in [0.15, 0.2) is 0 Å². The maximum Gasteiger partial charge on any atom is 0.321 e. The third-order valence-electron chi connectivity index (χ3n) is 2.58. The van der Waals surface area contributed by atoms with Gasteiger partial charge in [0.05, 0.1) is 0 Å². The van der Waals surface area contributed by atoms with Gasteiger partial charge in [0.1, 0.15) is 6.04 Å². The topological polar surface area (TPSA) is 49.3 Å². The van der Waals surface area contributed by atoms with Crippen molar-refractivity contribution in [1.29, 1.82) is 0 Å². The quantitative estimate of drug-likeness (QED) is 0.766. The number of nitrogens with one attached hydrogen (secondary N) is 1. The van der Waals surface area contributed by atoms with Gasteiger partial charge in [-0.25, -0.2) is 0 Å². The smallest absolute Gasteiger partial charge is 0.321 e. The third-order valence-corrected chi connectivity index (χ3v) is 2.58. The van der Waals surface area contributed by atoms with Crippen LogP contribution in [0, 0.1) is 0 Å². The van der Waals surface area contributed by atoms with Gasteiger partial charge in [-0.2, -0.15) is 0 Å². The Morgan fingerprint density at radius 2 is 2.07 bits per heavy atom. The second-order valence-corrected chi connectivity index (χ2v) is 3.60. The Kier molecular flexibility index (Phi) is 2.83. The van der Waals surface area contributed by atoms with Crippen molar-refractivity contribution in [1.82, 2.24) is 5.32 Å². The molecule has 78 valence electrons. The van der Waals surface area contributed by atoms with Crippen LogP contribution in [-0.2, 0) is 4.79 Å². The summed E-state index contributed by atoms with van der Waals surface area (Å²) >= 11 is 0. The van der Waals surface area contributed by atoms with Crippen LogP contribution in [0.4, 0.5) is 0 Å². The van der Waals surface area contributed by atoms with Crippen molar-refractivity contribution in [3.05, 3.63) is 42.0 Å². The zero-order valence-corrected chi connectivity index (χ0v) is 8.31. The summed E-state index contributed by atoms with van der Waals surface area (Å²) in [5, 5.41) is 11.9. The molecular weight excluding hydrogens is 190 g/mol. The fourth-order valence-electron chi connectivity index (χ4n) is 1.76. The highest BCUT2D eigenvalue weighted by Gasteiger charge is 2.21. The predicted molar refractivity (Wildman–Crippen MR) is 58.5 cm³/mol. The Bertz CT molecular complexity index is 384. The lowest BCUT2D eigenvalue weighted by Crippen LogP contribution is -2.39. The molecule has 0 amide bonds. The molecule has 3 heteroatoms. The Balaban J connectivity index is 2.18. The molecule has 1 heterocycles. The lowest BCUT2D eigenvalue weighted by atomic mass is 9.95. The van der Waals surface area contributed by atoms with E-state index in [9.17, 15) is 4.79 Å². The number of hydrogen-bond acceptors (Lipinski definition) is 2. The van der Waals surface area contributed by atoms with Gasteiger partial charge in [-0.3, -0.25) is 4.79 Å². The highest BCUT2D eigenvalue weighted by atomic mass is 16.4. The molecule has 3 nitrogen and oxygen atoms in total. The van der Waals surface area contributed by atoms with Crippen LogP contribution in [0.15, 0.2) is 36.4 Å². The molecule has 1 unspecified atom stereocenters. The van der Waals surface area contributed by atoms with Gasteiger partial charge in [-0.15, -0.1) is 0 Å². The number of rotatable bonds is 2. The number of carboxylic acids is 1. The minimum atomic E-state index is -0.781. The molecule has 1 aromatic rings. The van der Waals surface area contributed by atoms with Gasteiger partial charge in [0.2, 0.25) is 0 Å². The minimum absolute atomic E-state index is 0.454. The molecule has 1 aromatic carbocycles. The number of carboxylic acid groups (broad SMARTS) is 1. The van der Waals surface area contributed by atoms with Crippen LogP contribution >= 0.6 is 0 Å². The highest BCUT2D eigenvalue weighted by Crippen LogP contribution is 2.21. The van der Waals surface area contributed by atoms with Crippen LogP contribution in [0.5, 0.6) is 0 Å². The normalized spacial score (nSPS) is 20.8. The van der Waals surface area contributed by atoms with Gasteiger partial charge in [-0.05, 0) is 17.6 Å². The van der Waals surface area contributed by atoms with Crippen molar-refractivity contribution < 1.29 is 9.90 Å². The number of benzene rings is 1. The van der Waals surface area contributed by atoms with Crippen molar-refractivity contribution in [2.75, 3.05) is 6.54 Å². The maximum absolute atomic E-state index is 10.8. The molecule has 0 aliphatic carbocycles. The van der Waals surface area contributed by atoms with E-state index >= 15 is 0 Å². The summed E-state index contributed by atoms with van der Waals surface area (Å²) in [5.41, 5.74) is 2.23. The fraction of sp³-hybridized carbons (Fsp3) is 0.250. The summed E-state index contributed by atoms with van der Waals surface area (Å²) in [7, 11) is 0. The Labute approximate surface area is 88.4 Å². The molecule has 0 radical (unpaired) electrons. The Morgan fingerprint density at radius 1 is 1.33 bits per heavy atom. The van der Waals surface area contributed by atoms with Crippen LogP contribution in [0.1, 0.15) is 12.0 Å².